The molecule has 0 aliphatic rings. The molecule has 146 valence electrons. The van der Waals surface area contributed by atoms with Crippen molar-refractivity contribution < 1.29 is 9.59 Å². The topological polar surface area (TPSA) is 70.6 Å². The molecule has 0 saturated carbocycles. The van der Waals surface area contributed by atoms with E-state index in [0.29, 0.717) is 26.9 Å². The number of rotatable bonds is 5. The molecule has 3 rings (SSSR count). The highest BCUT2D eigenvalue weighted by molar-refractivity contribution is 6.36. The smallest absolute Gasteiger partial charge is 0.273 e. The van der Waals surface area contributed by atoms with Gasteiger partial charge < -0.3 is 5.32 Å². The number of amides is 2. The number of nitrogens with one attached hydrogen (secondary N) is 2. The molecule has 2 N–H and O–H groups in total. The summed E-state index contributed by atoms with van der Waals surface area (Å²) in [5, 5.41) is 7.63. The molecule has 0 saturated heterocycles. The van der Waals surface area contributed by atoms with Gasteiger partial charge in [-0.05, 0) is 43.3 Å². The van der Waals surface area contributed by atoms with Crippen molar-refractivity contribution in [3.05, 3.63) is 99.0 Å². The van der Waals surface area contributed by atoms with E-state index < -0.39 is 5.91 Å². The van der Waals surface area contributed by atoms with E-state index >= 15 is 0 Å². The fraction of sp³-hybridized carbons (Fsp3) is 0.0455. The third kappa shape index (κ3) is 5.44. The predicted molar refractivity (Wildman–Crippen MR) is 117 cm³/mol. The van der Waals surface area contributed by atoms with Crippen LogP contribution in [0.2, 0.25) is 10.0 Å². The van der Waals surface area contributed by atoms with Crippen LogP contribution in [0.3, 0.4) is 0 Å². The summed E-state index contributed by atoms with van der Waals surface area (Å²) in [7, 11) is 0. The Bertz CT molecular complexity index is 1100. The number of hydrogen-bond acceptors (Lipinski definition) is 3. The maximum absolute atomic E-state index is 12.5. The number of nitrogens with zero attached hydrogens (tertiary/aromatic N) is 1. The monoisotopic (exact) mass is 425 g/mol. The molecular formula is C22H17Cl2N3O2. The Morgan fingerprint density at radius 1 is 0.931 bits per heavy atom. The Kier molecular flexibility index (Phi) is 6.65. The maximum Gasteiger partial charge on any atom is 0.273 e. The summed E-state index contributed by atoms with van der Waals surface area (Å²) in [6.07, 6.45) is 1.42. The summed E-state index contributed by atoms with van der Waals surface area (Å²) in [6.45, 7) is 1.91. The van der Waals surface area contributed by atoms with Crippen LogP contribution >= 0.6 is 23.2 Å². The summed E-state index contributed by atoms with van der Waals surface area (Å²) in [5.74, 6) is -0.767. The first kappa shape index (κ1) is 20.6. The van der Waals surface area contributed by atoms with Crippen LogP contribution in [0.1, 0.15) is 31.8 Å². The summed E-state index contributed by atoms with van der Waals surface area (Å²) in [5.41, 5.74) is 5.20. The van der Waals surface area contributed by atoms with Crippen molar-refractivity contribution in [3.63, 3.8) is 0 Å². The van der Waals surface area contributed by atoms with Gasteiger partial charge in [-0.25, -0.2) is 5.43 Å². The van der Waals surface area contributed by atoms with Gasteiger partial charge in [-0.15, -0.1) is 0 Å². The summed E-state index contributed by atoms with van der Waals surface area (Å²) < 4.78 is 0. The number of carbonyl (C=O) groups excluding carboxylic acids is 2. The van der Waals surface area contributed by atoms with Crippen LogP contribution in [0, 0.1) is 6.92 Å². The first-order valence-corrected chi connectivity index (χ1v) is 9.45. The molecule has 5 nitrogen and oxygen atoms in total. The molecule has 0 aliphatic heterocycles. The van der Waals surface area contributed by atoms with E-state index in [1.54, 1.807) is 60.7 Å². The van der Waals surface area contributed by atoms with Gasteiger partial charge in [-0.3, -0.25) is 9.59 Å². The molecule has 0 aromatic heterocycles. The molecule has 7 heteroatoms. The van der Waals surface area contributed by atoms with Gasteiger partial charge in [0.2, 0.25) is 0 Å². The number of benzene rings is 3. The molecule has 0 unspecified atom stereocenters. The molecule has 0 radical (unpaired) electrons. The molecule has 0 spiro atoms. The third-order valence-electron chi connectivity index (χ3n) is 4.03. The number of para-hydroxylation sites is 1. The summed E-state index contributed by atoms with van der Waals surface area (Å²) >= 11 is 11.9. The van der Waals surface area contributed by atoms with Gasteiger partial charge >= 0.3 is 0 Å². The van der Waals surface area contributed by atoms with Crippen molar-refractivity contribution in [2.75, 3.05) is 5.32 Å². The number of aryl methyl sites for hydroxylation is 1. The summed E-state index contributed by atoms with van der Waals surface area (Å²) in [4.78, 5) is 25.0. The Hall–Kier alpha value is -3.15. The van der Waals surface area contributed by atoms with E-state index in [0.717, 1.165) is 5.56 Å². The van der Waals surface area contributed by atoms with Crippen LogP contribution < -0.4 is 10.7 Å². The van der Waals surface area contributed by atoms with E-state index in [4.69, 9.17) is 23.2 Å². The highest BCUT2D eigenvalue weighted by Gasteiger charge is 2.14. The van der Waals surface area contributed by atoms with E-state index in [-0.39, 0.29) is 11.5 Å². The Morgan fingerprint density at radius 3 is 2.48 bits per heavy atom. The van der Waals surface area contributed by atoms with Gasteiger partial charge in [0.25, 0.3) is 11.8 Å². The number of anilines is 1. The van der Waals surface area contributed by atoms with Crippen LogP contribution in [0.15, 0.2) is 71.8 Å². The van der Waals surface area contributed by atoms with E-state index in [9.17, 15) is 9.59 Å². The second kappa shape index (κ2) is 9.37. The zero-order chi connectivity index (χ0) is 20.8. The number of carbonyl (C=O) groups is 2. The average molecular weight is 426 g/mol. The highest BCUT2D eigenvalue weighted by atomic mass is 35.5. The van der Waals surface area contributed by atoms with Gasteiger partial charge in [-0.1, -0.05) is 59.1 Å². The highest BCUT2D eigenvalue weighted by Crippen LogP contribution is 2.20. The second-order valence-electron chi connectivity index (χ2n) is 6.23. The van der Waals surface area contributed by atoms with Gasteiger partial charge in [0.15, 0.2) is 0 Å². The molecule has 0 bridgehead atoms. The van der Waals surface area contributed by atoms with Crippen molar-refractivity contribution in [1.29, 1.82) is 0 Å². The minimum absolute atomic E-state index is 0.285. The van der Waals surface area contributed by atoms with E-state index in [1.165, 1.54) is 6.21 Å². The zero-order valence-corrected chi connectivity index (χ0v) is 17.0. The van der Waals surface area contributed by atoms with Gasteiger partial charge in [-0.2, -0.15) is 5.10 Å². The molecule has 0 aliphatic carbocycles. The minimum Gasteiger partial charge on any atom is -0.321 e. The predicted octanol–water partition coefficient (Wildman–Crippen LogP) is 5.32. The Balaban J connectivity index is 1.73. The quantitative estimate of drug-likeness (QED) is 0.428. The second-order valence-corrected chi connectivity index (χ2v) is 7.08. The van der Waals surface area contributed by atoms with Gasteiger partial charge in [0.1, 0.15) is 0 Å². The normalized spacial score (nSPS) is 10.7. The lowest BCUT2D eigenvalue weighted by atomic mass is 10.1. The molecule has 3 aromatic carbocycles. The van der Waals surface area contributed by atoms with Crippen molar-refractivity contribution in [2.24, 2.45) is 5.10 Å². The molecule has 0 fully saturated rings. The number of hydrogen-bond donors (Lipinski definition) is 2. The van der Waals surface area contributed by atoms with Crippen molar-refractivity contribution in [2.45, 2.75) is 6.92 Å². The third-order valence-corrected chi connectivity index (χ3v) is 4.59. The SMILES string of the molecule is Cc1cccc(C(=O)Nc2ccccc2C(=O)N/N=C\c2ccc(Cl)cc2Cl)c1. The van der Waals surface area contributed by atoms with Crippen LogP contribution in [0.4, 0.5) is 5.69 Å². The fourth-order valence-corrected chi connectivity index (χ4v) is 3.06. The number of halogens is 2. The molecule has 2 amide bonds. The van der Waals surface area contributed by atoms with E-state index in [2.05, 4.69) is 15.8 Å². The summed E-state index contributed by atoms with van der Waals surface area (Å²) in [6, 6.07) is 18.8. The first-order chi connectivity index (χ1) is 13.9. The number of hydrazone groups is 1. The fourth-order valence-electron chi connectivity index (χ4n) is 2.60. The lowest BCUT2D eigenvalue weighted by molar-refractivity contribution is 0.0956. The molecule has 29 heavy (non-hydrogen) atoms. The van der Waals surface area contributed by atoms with Crippen LogP contribution in [0.5, 0.6) is 0 Å². The largest absolute Gasteiger partial charge is 0.321 e. The molecule has 0 atom stereocenters. The maximum atomic E-state index is 12.5. The van der Waals surface area contributed by atoms with Crippen molar-refractivity contribution >= 4 is 46.9 Å². The average Bonchev–Trinajstić information content (AvgIpc) is 2.70. The van der Waals surface area contributed by atoms with Gasteiger partial charge in [0, 0.05) is 16.1 Å². The minimum atomic E-state index is -0.466. The standard InChI is InChI=1S/C22H17Cl2N3O2/c1-14-5-4-6-15(11-14)21(28)26-20-8-3-2-7-18(20)22(29)27-25-13-16-9-10-17(23)12-19(16)24/h2-13H,1H3,(H,26,28)(H,27,29)/b25-13-. The lowest BCUT2D eigenvalue weighted by Gasteiger charge is -2.10. The van der Waals surface area contributed by atoms with Crippen molar-refractivity contribution in [3.8, 4) is 0 Å². The zero-order valence-electron chi connectivity index (χ0n) is 15.4. The molecular weight excluding hydrogens is 409 g/mol. The van der Waals surface area contributed by atoms with Crippen LogP contribution in [0.25, 0.3) is 0 Å². The molecule has 0 heterocycles. The molecule has 3 aromatic rings. The van der Waals surface area contributed by atoms with Crippen LogP contribution in [-0.4, -0.2) is 18.0 Å². The lowest BCUT2D eigenvalue weighted by Crippen LogP contribution is -2.21. The van der Waals surface area contributed by atoms with Crippen molar-refractivity contribution in [1.82, 2.24) is 5.43 Å². The first-order valence-electron chi connectivity index (χ1n) is 8.69. The van der Waals surface area contributed by atoms with E-state index in [1.807, 2.05) is 13.0 Å². The van der Waals surface area contributed by atoms with Crippen LogP contribution in [-0.2, 0) is 0 Å². The van der Waals surface area contributed by atoms with Gasteiger partial charge in [0.05, 0.1) is 22.5 Å². The Morgan fingerprint density at radius 2 is 1.72 bits per heavy atom. The Labute approximate surface area is 178 Å².